The Morgan fingerprint density at radius 2 is 2.02 bits per heavy atom. The lowest BCUT2D eigenvalue weighted by molar-refractivity contribution is -0.138. The van der Waals surface area contributed by atoms with Crippen molar-refractivity contribution in [3.8, 4) is 34.5 Å². The van der Waals surface area contributed by atoms with Crippen LogP contribution in [0.4, 0.5) is 0 Å². The quantitative estimate of drug-likeness (QED) is 0.418. The van der Waals surface area contributed by atoms with Crippen molar-refractivity contribution >= 4 is 17.7 Å². The number of phenols is 1. The van der Waals surface area contributed by atoms with E-state index >= 15 is 0 Å². The van der Waals surface area contributed by atoms with Crippen molar-refractivity contribution in [3.63, 3.8) is 0 Å². The van der Waals surface area contributed by atoms with E-state index in [-0.39, 0.29) is 61.2 Å². The summed E-state index contributed by atoms with van der Waals surface area (Å²) < 4.78 is 23.0. The molecule has 1 aromatic heterocycles. The van der Waals surface area contributed by atoms with Gasteiger partial charge in [-0.1, -0.05) is 6.07 Å². The number of rotatable bonds is 3. The number of amides is 3. The van der Waals surface area contributed by atoms with Crippen molar-refractivity contribution in [3.05, 3.63) is 53.4 Å². The molecule has 0 radical (unpaired) electrons. The molecule has 6 rings (SSSR count). The Hall–Kier alpha value is -4.58. The highest BCUT2D eigenvalue weighted by atomic mass is 16.5. The second-order valence-electron chi connectivity index (χ2n) is 11.0. The lowest BCUT2D eigenvalue weighted by Gasteiger charge is -2.24. The minimum atomic E-state index is -0.768. The van der Waals surface area contributed by atoms with Gasteiger partial charge in [-0.3, -0.25) is 14.4 Å². The van der Waals surface area contributed by atoms with Crippen LogP contribution in [-0.4, -0.2) is 71.2 Å². The fourth-order valence-electron chi connectivity index (χ4n) is 5.75. The maximum Gasteiger partial charge on any atom is 0.249 e. The molecule has 3 aromatic rings. The Morgan fingerprint density at radius 3 is 2.81 bits per heavy atom. The van der Waals surface area contributed by atoms with Crippen LogP contribution < -0.4 is 20.1 Å². The third-order valence-electron chi connectivity index (χ3n) is 8.10. The van der Waals surface area contributed by atoms with Crippen LogP contribution in [0.5, 0.6) is 23.0 Å². The number of fused-ring (bicyclic) bond motifs is 8. The lowest BCUT2D eigenvalue weighted by atomic mass is 10.1. The Morgan fingerprint density at radius 1 is 1.16 bits per heavy atom. The van der Waals surface area contributed by atoms with Crippen LogP contribution in [-0.2, 0) is 32.1 Å². The van der Waals surface area contributed by atoms with Crippen LogP contribution in [0.2, 0.25) is 0 Å². The number of nitrogens with zero attached hydrogens (tertiary/aromatic N) is 2. The van der Waals surface area contributed by atoms with Gasteiger partial charge in [-0.15, -0.1) is 0 Å². The number of aryl methyl sites for hydroxylation is 2. The Bertz CT molecular complexity index is 1550. The third-order valence-corrected chi connectivity index (χ3v) is 8.10. The number of hydrogen-bond donors (Lipinski definition) is 3. The number of aromatic hydroxyl groups is 1. The Kier molecular flexibility index (Phi) is 7.94. The summed E-state index contributed by atoms with van der Waals surface area (Å²) in [6, 6.07) is 8.94. The molecule has 0 spiro atoms. The van der Waals surface area contributed by atoms with Crippen LogP contribution in [0.1, 0.15) is 42.7 Å². The van der Waals surface area contributed by atoms with Crippen LogP contribution in [0.25, 0.3) is 11.5 Å². The van der Waals surface area contributed by atoms with E-state index in [4.69, 9.17) is 18.6 Å². The van der Waals surface area contributed by atoms with Gasteiger partial charge < -0.3 is 39.3 Å². The lowest BCUT2D eigenvalue weighted by Crippen LogP contribution is -2.46. The van der Waals surface area contributed by atoms with Crippen molar-refractivity contribution in [2.75, 3.05) is 20.3 Å². The molecule has 12 nitrogen and oxygen atoms in total. The number of carbonyl (C=O) groups excluding carboxylic acids is 3. The van der Waals surface area contributed by atoms with Crippen molar-refractivity contribution in [1.82, 2.24) is 20.5 Å². The third kappa shape index (κ3) is 6.00. The summed E-state index contributed by atoms with van der Waals surface area (Å²) in [7, 11) is 1.52. The standard InChI is InChI=1S/C31H34N4O8/c1-17-21-15-32-29(38)22-14-20(33-30(39)25-4-3-11-41-25)16-35(22)28(37)10-6-18-5-8-23(36)26(12-18)43-27-13-19(31(34-21)42-17)7-9-24(27)40-2/h5,7-9,12-13,20,22,25,36H,3-4,6,10-11,14-16H2,1-2H3,(H,32,38)(H,33,39)/t20-,22-,25+/m0/s1. The van der Waals surface area contributed by atoms with Gasteiger partial charge in [0.2, 0.25) is 23.6 Å². The molecule has 12 heteroatoms. The molecular formula is C31H34N4O8. The summed E-state index contributed by atoms with van der Waals surface area (Å²) in [4.78, 5) is 45.9. The molecule has 2 aromatic carbocycles. The van der Waals surface area contributed by atoms with Gasteiger partial charge in [-0.25, -0.2) is 4.98 Å². The first kappa shape index (κ1) is 28.5. The summed E-state index contributed by atoms with van der Waals surface area (Å²) in [6.07, 6.45) is 1.72. The molecule has 3 aliphatic heterocycles. The van der Waals surface area contributed by atoms with Crippen molar-refractivity contribution < 1.29 is 38.1 Å². The van der Waals surface area contributed by atoms with Gasteiger partial charge in [0.15, 0.2) is 23.0 Å². The molecule has 2 fully saturated rings. The number of phenolic OH excluding ortho intramolecular Hbond substituents is 1. The first-order chi connectivity index (χ1) is 20.8. The van der Waals surface area contributed by atoms with E-state index in [1.54, 1.807) is 37.3 Å². The number of benzene rings is 2. The van der Waals surface area contributed by atoms with E-state index in [2.05, 4.69) is 15.6 Å². The largest absolute Gasteiger partial charge is 0.504 e. The highest BCUT2D eigenvalue weighted by Gasteiger charge is 2.41. The highest BCUT2D eigenvalue weighted by molar-refractivity contribution is 5.89. The van der Waals surface area contributed by atoms with Gasteiger partial charge in [0.1, 0.15) is 23.6 Å². The minimum Gasteiger partial charge on any atom is -0.504 e. The Labute approximate surface area is 248 Å². The number of hydrogen-bond acceptors (Lipinski definition) is 9. The zero-order valence-corrected chi connectivity index (χ0v) is 24.1. The van der Waals surface area contributed by atoms with E-state index < -0.39 is 12.1 Å². The minimum absolute atomic E-state index is 0.0766. The second-order valence-corrected chi connectivity index (χ2v) is 11.0. The molecule has 226 valence electrons. The zero-order chi connectivity index (χ0) is 30.1. The van der Waals surface area contributed by atoms with E-state index in [9.17, 15) is 19.5 Å². The van der Waals surface area contributed by atoms with E-state index in [1.807, 2.05) is 0 Å². The van der Waals surface area contributed by atoms with Gasteiger partial charge in [0.25, 0.3) is 0 Å². The van der Waals surface area contributed by atoms with Gasteiger partial charge >= 0.3 is 0 Å². The predicted octanol–water partition coefficient (Wildman–Crippen LogP) is 2.98. The molecule has 2 saturated heterocycles. The average molecular weight is 591 g/mol. The molecule has 3 amide bonds. The average Bonchev–Trinajstić information content (AvgIpc) is 3.76. The topological polar surface area (TPSA) is 152 Å². The normalized spacial score (nSPS) is 22.2. The molecule has 43 heavy (non-hydrogen) atoms. The fraction of sp³-hybridized carbons (Fsp3) is 0.419. The fourth-order valence-corrected chi connectivity index (χ4v) is 5.75. The molecule has 0 saturated carbocycles. The maximum absolute atomic E-state index is 13.5. The summed E-state index contributed by atoms with van der Waals surface area (Å²) in [5.74, 6) is 0.971. The molecule has 0 aliphatic carbocycles. The van der Waals surface area contributed by atoms with Crippen LogP contribution in [0, 0.1) is 6.92 Å². The van der Waals surface area contributed by atoms with Crippen LogP contribution in [0.15, 0.2) is 40.8 Å². The van der Waals surface area contributed by atoms with Gasteiger partial charge in [0.05, 0.1) is 13.7 Å². The first-order valence-corrected chi connectivity index (χ1v) is 14.4. The summed E-state index contributed by atoms with van der Waals surface area (Å²) in [5.41, 5.74) is 1.91. The van der Waals surface area contributed by atoms with Crippen molar-refractivity contribution in [2.24, 2.45) is 0 Å². The SMILES string of the molecule is COc1ccc2cc1Oc1cc(ccc1O)CCC(=O)N1C[C@@H](NC(=O)[C@H]3CCCO3)C[C@H]1C(=O)NCc1nc-2oc1C. The van der Waals surface area contributed by atoms with E-state index in [1.165, 1.54) is 18.1 Å². The number of oxazole rings is 1. The molecule has 3 aliphatic rings. The van der Waals surface area contributed by atoms with Gasteiger partial charge in [-0.05, 0) is 68.5 Å². The summed E-state index contributed by atoms with van der Waals surface area (Å²) in [5, 5.41) is 16.5. The maximum atomic E-state index is 13.5. The number of ether oxygens (including phenoxy) is 3. The smallest absolute Gasteiger partial charge is 0.249 e. The monoisotopic (exact) mass is 590 g/mol. The zero-order valence-electron chi connectivity index (χ0n) is 24.1. The molecular weight excluding hydrogens is 556 g/mol. The predicted molar refractivity (Wildman–Crippen MR) is 153 cm³/mol. The molecule has 3 atom stereocenters. The molecule has 3 N–H and O–H groups in total. The van der Waals surface area contributed by atoms with Gasteiger partial charge in [-0.2, -0.15) is 0 Å². The first-order valence-electron chi connectivity index (χ1n) is 14.4. The molecule has 6 bridgehead atoms. The van der Waals surface area contributed by atoms with Crippen molar-refractivity contribution in [2.45, 2.75) is 63.8 Å². The van der Waals surface area contributed by atoms with E-state index in [0.29, 0.717) is 53.9 Å². The summed E-state index contributed by atoms with van der Waals surface area (Å²) in [6.45, 7) is 2.61. The second kappa shape index (κ2) is 12.0. The van der Waals surface area contributed by atoms with Gasteiger partial charge in [0, 0.05) is 31.2 Å². The number of carbonyl (C=O) groups is 3. The number of nitrogens with one attached hydrogen (secondary N) is 2. The van der Waals surface area contributed by atoms with Crippen LogP contribution >= 0.6 is 0 Å². The highest BCUT2D eigenvalue weighted by Crippen LogP contribution is 2.39. The Balaban J connectivity index is 1.31. The molecule has 4 heterocycles. The van der Waals surface area contributed by atoms with Crippen molar-refractivity contribution in [1.29, 1.82) is 0 Å². The van der Waals surface area contributed by atoms with Crippen LogP contribution in [0.3, 0.4) is 0 Å². The molecule has 0 unspecified atom stereocenters. The summed E-state index contributed by atoms with van der Waals surface area (Å²) >= 11 is 0. The van der Waals surface area contributed by atoms with E-state index in [0.717, 1.165) is 12.0 Å². The number of aromatic nitrogens is 1. The number of methoxy groups -OCH3 is 1.